The van der Waals surface area contributed by atoms with Crippen LogP contribution in [0.1, 0.15) is 40.1 Å². The lowest BCUT2D eigenvalue weighted by molar-refractivity contribution is -0.173. The van der Waals surface area contributed by atoms with E-state index in [0.29, 0.717) is 10.8 Å². The highest BCUT2D eigenvalue weighted by Gasteiger charge is 2.46. The normalized spacial score (nSPS) is 17.9. The summed E-state index contributed by atoms with van der Waals surface area (Å²) in [5.41, 5.74) is 1.87. The highest BCUT2D eigenvalue weighted by Crippen LogP contribution is 2.43. The fourth-order valence-corrected chi connectivity index (χ4v) is 3.84. The molecule has 2 N–H and O–H groups in total. The summed E-state index contributed by atoms with van der Waals surface area (Å²) in [6.45, 7) is 1.91. The number of methoxy groups -OCH3 is 1. The zero-order valence-corrected chi connectivity index (χ0v) is 18.0. The number of nitrogens with one attached hydrogen (secondary N) is 2. The summed E-state index contributed by atoms with van der Waals surface area (Å²) in [7, 11) is 1.43. The molecule has 4 rings (SSSR count). The van der Waals surface area contributed by atoms with Gasteiger partial charge < -0.3 is 15.4 Å². The van der Waals surface area contributed by atoms with E-state index in [4.69, 9.17) is 16.3 Å². The molecule has 2 aromatic carbocycles. The molecule has 0 fully saturated rings. The minimum absolute atomic E-state index is 0.118. The molecule has 0 bridgehead atoms. The Morgan fingerprint density at radius 3 is 2.59 bits per heavy atom. The van der Waals surface area contributed by atoms with Crippen LogP contribution < -0.4 is 15.4 Å². The third kappa shape index (κ3) is 4.38. The number of fused-ring (bicyclic) bond motifs is 1. The van der Waals surface area contributed by atoms with E-state index in [1.165, 1.54) is 19.2 Å². The van der Waals surface area contributed by atoms with Crippen molar-refractivity contribution in [2.75, 3.05) is 17.7 Å². The molecule has 0 radical (unpaired) electrons. The number of hydrogen-bond donors (Lipinski definition) is 2. The van der Waals surface area contributed by atoms with Gasteiger partial charge in [-0.15, -0.1) is 0 Å². The largest absolute Gasteiger partial charge is 0.495 e. The van der Waals surface area contributed by atoms with Crippen molar-refractivity contribution < 1.29 is 22.7 Å². The van der Waals surface area contributed by atoms with Gasteiger partial charge in [0.25, 0.3) is 5.91 Å². The first-order chi connectivity index (χ1) is 15.2. The molecule has 6 nitrogen and oxygen atoms in total. The van der Waals surface area contributed by atoms with Gasteiger partial charge >= 0.3 is 6.18 Å². The number of aromatic nitrogens is 2. The van der Waals surface area contributed by atoms with E-state index in [9.17, 15) is 18.0 Å². The second-order valence-corrected chi connectivity index (χ2v) is 8.00. The Labute approximate surface area is 187 Å². The molecule has 0 aliphatic carbocycles. The number of aryl methyl sites for hydroxylation is 1. The number of hydrogen-bond acceptors (Lipinski definition) is 4. The van der Waals surface area contributed by atoms with Gasteiger partial charge in [-0.05, 0) is 30.7 Å². The first-order valence-corrected chi connectivity index (χ1v) is 10.2. The average molecular weight is 465 g/mol. The van der Waals surface area contributed by atoms with Crippen LogP contribution in [0.2, 0.25) is 5.02 Å². The molecule has 2 atom stereocenters. The summed E-state index contributed by atoms with van der Waals surface area (Å²) in [5.74, 6) is -0.202. The van der Waals surface area contributed by atoms with E-state index in [2.05, 4.69) is 15.7 Å². The van der Waals surface area contributed by atoms with Gasteiger partial charge in [0.05, 0.1) is 18.8 Å². The SMILES string of the molecule is COc1ccc(Cl)cc1NC(=O)c1cc2n(n1)[C@H](C(F)(F)F)C[C@H](c1ccc(C)cc1)N2. The summed E-state index contributed by atoms with van der Waals surface area (Å²) in [4.78, 5) is 12.8. The molecule has 10 heteroatoms. The van der Waals surface area contributed by atoms with Crippen LogP contribution in [0.3, 0.4) is 0 Å². The zero-order valence-electron chi connectivity index (χ0n) is 17.2. The Balaban J connectivity index is 1.65. The molecule has 0 spiro atoms. The molecule has 1 aliphatic heterocycles. The van der Waals surface area contributed by atoms with Crippen LogP contribution in [0.4, 0.5) is 24.7 Å². The van der Waals surface area contributed by atoms with Gasteiger partial charge in [-0.25, -0.2) is 4.68 Å². The lowest BCUT2D eigenvalue weighted by Gasteiger charge is -2.33. The molecule has 1 aliphatic rings. The van der Waals surface area contributed by atoms with E-state index >= 15 is 0 Å². The van der Waals surface area contributed by atoms with Crippen molar-refractivity contribution >= 4 is 29.0 Å². The van der Waals surface area contributed by atoms with E-state index in [-0.39, 0.29) is 23.6 Å². The Morgan fingerprint density at radius 2 is 1.94 bits per heavy atom. The first-order valence-electron chi connectivity index (χ1n) is 9.80. The summed E-state index contributed by atoms with van der Waals surface area (Å²) < 4.78 is 47.6. The van der Waals surface area contributed by atoms with Crippen molar-refractivity contribution in [3.05, 3.63) is 70.4 Å². The predicted molar refractivity (Wildman–Crippen MR) is 115 cm³/mol. The quantitative estimate of drug-likeness (QED) is 0.514. The molecule has 1 amide bonds. The van der Waals surface area contributed by atoms with Crippen LogP contribution in [0.15, 0.2) is 48.5 Å². The van der Waals surface area contributed by atoms with Crippen molar-refractivity contribution in [3.63, 3.8) is 0 Å². The Bertz CT molecular complexity index is 1150. The standard InChI is InChI=1S/C22H20ClF3N4O2/c1-12-3-5-13(6-4-12)15-10-19(22(24,25)26)30-20(27-15)11-17(29-30)21(31)28-16-9-14(23)7-8-18(16)32-2/h3-9,11,15,19,27H,10H2,1-2H3,(H,28,31)/t15-,19+/m1/s1. The van der Waals surface area contributed by atoms with Crippen molar-refractivity contribution in [3.8, 4) is 5.75 Å². The van der Waals surface area contributed by atoms with Crippen molar-refractivity contribution in [1.82, 2.24) is 9.78 Å². The van der Waals surface area contributed by atoms with Crippen molar-refractivity contribution in [2.45, 2.75) is 31.6 Å². The molecule has 0 saturated carbocycles. The second-order valence-electron chi connectivity index (χ2n) is 7.56. The van der Waals surface area contributed by atoms with E-state index in [0.717, 1.165) is 15.8 Å². The minimum Gasteiger partial charge on any atom is -0.495 e. The Morgan fingerprint density at radius 1 is 1.22 bits per heavy atom. The molecular formula is C22H20ClF3N4O2. The maximum atomic E-state index is 13.9. The van der Waals surface area contributed by atoms with Crippen LogP contribution >= 0.6 is 11.6 Å². The van der Waals surface area contributed by atoms with Gasteiger partial charge in [0, 0.05) is 17.5 Å². The van der Waals surface area contributed by atoms with Gasteiger partial charge in [-0.1, -0.05) is 41.4 Å². The first kappa shape index (κ1) is 22.0. The van der Waals surface area contributed by atoms with E-state index in [1.54, 1.807) is 24.3 Å². The fourth-order valence-electron chi connectivity index (χ4n) is 3.67. The van der Waals surface area contributed by atoms with Gasteiger partial charge in [0.15, 0.2) is 11.7 Å². The second kappa shape index (κ2) is 8.38. The van der Waals surface area contributed by atoms with Crippen LogP contribution in [-0.4, -0.2) is 29.0 Å². The van der Waals surface area contributed by atoms with E-state index < -0.39 is 24.2 Å². The molecule has 168 valence electrons. The van der Waals surface area contributed by atoms with Crippen LogP contribution in [0.5, 0.6) is 5.75 Å². The molecule has 1 aromatic heterocycles. The topological polar surface area (TPSA) is 68.2 Å². The van der Waals surface area contributed by atoms with Gasteiger partial charge in [-0.2, -0.15) is 18.3 Å². The predicted octanol–water partition coefficient (Wildman–Crippen LogP) is 5.77. The number of nitrogens with zero attached hydrogens (tertiary/aromatic N) is 2. The highest BCUT2D eigenvalue weighted by atomic mass is 35.5. The highest BCUT2D eigenvalue weighted by molar-refractivity contribution is 6.31. The average Bonchev–Trinajstić information content (AvgIpc) is 3.17. The van der Waals surface area contributed by atoms with Crippen molar-refractivity contribution in [1.29, 1.82) is 0 Å². The number of alkyl halides is 3. The van der Waals surface area contributed by atoms with E-state index in [1.807, 2.05) is 19.1 Å². The number of carbonyl (C=O) groups is 1. The lowest BCUT2D eigenvalue weighted by Crippen LogP contribution is -2.35. The maximum Gasteiger partial charge on any atom is 0.410 e. The molecule has 0 saturated heterocycles. The van der Waals surface area contributed by atoms with Gasteiger partial charge in [0.1, 0.15) is 11.6 Å². The minimum atomic E-state index is -4.53. The molecular weight excluding hydrogens is 445 g/mol. The fraction of sp³-hybridized carbons (Fsp3) is 0.273. The number of ether oxygens (including phenoxy) is 1. The number of amides is 1. The number of rotatable bonds is 4. The number of carbonyl (C=O) groups excluding carboxylic acids is 1. The van der Waals surface area contributed by atoms with Gasteiger partial charge in [0.2, 0.25) is 0 Å². The molecule has 32 heavy (non-hydrogen) atoms. The Kier molecular flexibility index (Phi) is 5.77. The molecule has 0 unspecified atom stereocenters. The summed E-state index contributed by atoms with van der Waals surface area (Å²) in [6.07, 6.45) is -4.78. The van der Waals surface area contributed by atoms with Gasteiger partial charge in [-0.3, -0.25) is 4.79 Å². The monoisotopic (exact) mass is 464 g/mol. The zero-order chi connectivity index (χ0) is 23.0. The summed E-state index contributed by atoms with van der Waals surface area (Å²) >= 11 is 5.98. The molecule has 3 aromatic rings. The number of halogens is 4. The molecule has 2 heterocycles. The third-order valence-electron chi connectivity index (χ3n) is 5.31. The van der Waals surface area contributed by atoms with Crippen LogP contribution in [0, 0.1) is 6.92 Å². The number of benzene rings is 2. The summed E-state index contributed by atoms with van der Waals surface area (Å²) in [6, 6.07) is 10.8. The lowest BCUT2D eigenvalue weighted by atomic mass is 9.96. The number of anilines is 2. The smallest absolute Gasteiger partial charge is 0.410 e. The van der Waals surface area contributed by atoms with Crippen molar-refractivity contribution in [2.24, 2.45) is 0 Å². The summed E-state index contributed by atoms with van der Waals surface area (Å²) in [5, 5.41) is 10.0. The van der Waals surface area contributed by atoms with Crippen LogP contribution in [0.25, 0.3) is 0 Å². The maximum absolute atomic E-state index is 13.9. The third-order valence-corrected chi connectivity index (χ3v) is 5.55. The Hall–Kier alpha value is -3.20. The van der Waals surface area contributed by atoms with Crippen LogP contribution in [-0.2, 0) is 0 Å².